The Morgan fingerprint density at radius 2 is 1.97 bits per heavy atom. The number of nitrogens with one attached hydrogen (secondary N) is 2. The van der Waals surface area contributed by atoms with Crippen molar-refractivity contribution in [3.05, 3.63) is 47.1 Å². The number of fused-ring (bicyclic) bond motifs is 2. The van der Waals surface area contributed by atoms with Crippen LogP contribution in [0.5, 0.6) is 0 Å². The number of rotatable bonds is 2. The molecule has 0 aliphatic carbocycles. The molecule has 1 saturated heterocycles. The minimum Gasteiger partial charge on any atom is -0.356 e. The molecule has 4 aromatic rings. The van der Waals surface area contributed by atoms with Crippen molar-refractivity contribution in [3.8, 4) is 6.07 Å². The standard InChI is InChI=1S/C19H16BrN7.C2H6/c20-12-1-2-14-15(9-12)26-18(25-14)19(10-21)4-7-27(8-5-19)17-13-3-6-22-16(13)23-11-24-17;1-2/h1-3,6,9,11H,4-5,7-8H2,(H,25,26)(H,22,23,24);1-2H3. The maximum Gasteiger partial charge on any atom is 0.142 e. The number of H-pyrrole nitrogens is 2. The quantitative estimate of drug-likeness (QED) is 0.460. The third-order valence-corrected chi connectivity index (χ3v) is 5.85. The first kappa shape index (κ1) is 19.4. The molecular weight excluding hydrogens is 430 g/mol. The highest BCUT2D eigenvalue weighted by atomic mass is 79.9. The smallest absolute Gasteiger partial charge is 0.142 e. The van der Waals surface area contributed by atoms with Gasteiger partial charge in [0.25, 0.3) is 0 Å². The molecule has 29 heavy (non-hydrogen) atoms. The fraction of sp³-hybridized carbons (Fsp3) is 0.333. The van der Waals surface area contributed by atoms with E-state index in [2.05, 4.69) is 46.8 Å². The Hall–Kier alpha value is -2.92. The topological polar surface area (TPSA) is 97.3 Å². The van der Waals surface area contributed by atoms with Crippen LogP contribution >= 0.6 is 15.9 Å². The average Bonchev–Trinajstić information content (AvgIpc) is 3.42. The van der Waals surface area contributed by atoms with Gasteiger partial charge >= 0.3 is 0 Å². The van der Waals surface area contributed by atoms with Crippen molar-refractivity contribution < 1.29 is 0 Å². The number of halogens is 1. The molecule has 5 rings (SSSR count). The van der Waals surface area contributed by atoms with E-state index in [0.717, 1.165) is 51.3 Å². The highest BCUT2D eigenvalue weighted by Crippen LogP contribution is 2.36. The van der Waals surface area contributed by atoms with Gasteiger partial charge < -0.3 is 14.9 Å². The number of hydrogen-bond donors (Lipinski definition) is 2. The van der Waals surface area contributed by atoms with Gasteiger partial charge in [0.15, 0.2) is 0 Å². The first-order valence-corrected chi connectivity index (χ1v) is 10.6. The summed E-state index contributed by atoms with van der Waals surface area (Å²) in [7, 11) is 0. The van der Waals surface area contributed by atoms with Gasteiger partial charge in [-0.05, 0) is 37.1 Å². The number of piperidine rings is 1. The molecule has 1 fully saturated rings. The lowest BCUT2D eigenvalue weighted by Crippen LogP contribution is -2.43. The normalized spacial score (nSPS) is 15.7. The van der Waals surface area contributed by atoms with Gasteiger partial charge in [0.05, 0.1) is 22.5 Å². The molecule has 0 unspecified atom stereocenters. The van der Waals surface area contributed by atoms with E-state index < -0.39 is 5.41 Å². The Morgan fingerprint density at radius 1 is 1.17 bits per heavy atom. The highest BCUT2D eigenvalue weighted by Gasteiger charge is 2.40. The summed E-state index contributed by atoms with van der Waals surface area (Å²) in [5.74, 6) is 1.67. The molecule has 0 amide bonds. The zero-order valence-electron chi connectivity index (χ0n) is 16.4. The van der Waals surface area contributed by atoms with Crippen LogP contribution in [0.4, 0.5) is 5.82 Å². The Morgan fingerprint density at radius 3 is 2.72 bits per heavy atom. The number of nitrogens with zero attached hydrogens (tertiary/aromatic N) is 5. The van der Waals surface area contributed by atoms with Crippen LogP contribution in [0.1, 0.15) is 32.5 Å². The average molecular weight is 452 g/mol. The number of anilines is 1. The predicted octanol–water partition coefficient (Wildman–Crippen LogP) is 4.68. The van der Waals surface area contributed by atoms with E-state index in [0.29, 0.717) is 12.8 Å². The van der Waals surface area contributed by atoms with E-state index in [9.17, 15) is 5.26 Å². The largest absolute Gasteiger partial charge is 0.356 e. The van der Waals surface area contributed by atoms with Crippen molar-refractivity contribution in [2.24, 2.45) is 0 Å². The molecule has 1 aliphatic heterocycles. The lowest BCUT2D eigenvalue weighted by atomic mass is 9.79. The van der Waals surface area contributed by atoms with Crippen LogP contribution in [0.15, 0.2) is 41.3 Å². The minimum absolute atomic E-state index is 0.605. The molecule has 3 aromatic heterocycles. The Labute approximate surface area is 177 Å². The summed E-state index contributed by atoms with van der Waals surface area (Å²) in [6, 6.07) is 10.5. The summed E-state index contributed by atoms with van der Waals surface area (Å²) >= 11 is 3.48. The fourth-order valence-corrected chi connectivity index (χ4v) is 4.18. The second kappa shape index (κ2) is 7.84. The van der Waals surface area contributed by atoms with E-state index in [-0.39, 0.29) is 0 Å². The first-order chi connectivity index (χ1) is 14.2. The van der Waals surface area contributed by atoms with Crippen LogP contribution in [-0.4, -0.2) is 38.0 Å². The monoisotopic (exact) mass is 451 g/mol. The molecule has 148 valence electrons. The number of benzene rings is 1. The second-order valence-corrected chi connectivity index (χ2v) is 7.78. The van der Waals surface area contributed by atoms with Crippen molar-refractivity contribution in [3.63, 3.8) is 0 Å². The number of hydrogen-bond acceptors (Lipinski definition) is 5. The zero-order valence-corrected chi connectivity index (χ0v) is 18.0. The van der Waals surface area contributed by atoms with E-state index in [1.807, 2.05) is 44.3 Å². The fourth-order valence-electron chi connectivity index (χ4n) is 3.82. The van der Waals surface area contributed by atoms with Gasteiger partial charge in [-0.2, -0.15) is 5.26 Å². The first-order valence-electron chi connectivity index (χ1n) is 9.79. The Bertz CT molecular complexity index is 1180. The molecule has 0 saturated carbocycles. The Kier molecular flexibility index (Phi) is 5.24. The molecule has 0 atom stereocenters. The summed E-state index contributed by atoms with van der Waals surface area (Å²) in [4.78, 5) is 22.2. The van der Waals surface area contributed by atoms with Crippen LogP contribution < -0.4 is 4.90 Å². The number of aromatic nitrogens is 5. The van der Waals surface area contributed by atoms with Crippen LogP contribution in [0.2, 0.25) is 0 Å². The maximum absolute atomic E-state index is 10.0. The van der Waals surface area contributed by atoms with Gasteiger partial charge in [-0.25, -0.2) is 15.0 Å². The van der Waals surface area contributed by atoms with Gasteiger partial charge in [-0.3, -0.25) is 0 Å². The van der Waals surface area contributed by atoms with Gasteiger partial charge in [0, 0.05) is 23.8 Å². The van der Waals surface area contributed by atoms with E-state index in [4.69, 9.17) is 4.98 Å². The molecule has 8 heteroatoms. The molecule has 7 nitrogen and oxygen atoms in total. The number of nitriles is 1. The summed E-state index contributed by atoms with van der Waals surface area (Å²) < 4.78 is 0.991. The van der Waals surface area contributed by atoms with Crippen LogP contribution in [0.25, 0.3) is 22.1 Å². The lowest BCUT2D eigenvalue weighted by molar-refractivity contribution is 0.398. The Balaban J connectivity index is 0.000000994. The van der Waals surface area contributed by atoms with Gasteiger partial charge in [-0.1, -0.05) is 29.8 Å². The molecule has 0 bridgehead atoms. The number of aromatic amines is 2. The summed E-state index contributed by atoms with van der Waals surface area (Å²) in [6.45, 7) is 5.48. The highest BCUT2D eigenvalue weighted by molar-refractivity contribution is 9.10. The van der Waals surface area contributed by atoms with Crippen LogP contribution in [0.3, 0.4) is 0 Å². The van der Waals surface area contributed by atoms with E-state index in [1.54, 1.807) is 6.33 Å². The van der Waals surface area contributed by atoms with Crippen molar-refractivity contribution in [1.82, 2.24) is 24.9 Å². The molecular formula is C21H22BrN7. The maximum atomic E-state index is 10.0. The molecule has 0 spiro atoms. The van der Waals surface area contributed by atoms with Crippen molar-refractivity contribution in [1.29, 1.82) is 5.26 Å². The van der Waals surface area contributed by atoms with Gasteiger partial charge in [0.2, 0.25) is 0 Å². The summed E-state index contributed by atoms with van der Waals surface area (Å²) in [6.07, 6.45) is 4.84. The minimum atomic E-state index is -0.605. The van der Waals surface area contributed by atoms with E-state index >= 15 is 0 Å². The SMILES string of the molecule is CC.N#CC1(c2nc3ccc(Br)cc3[nH]2)CCN(c2ncnc3[nH]ccc23)CC1. The van der Waals surface area contributed by atoms with Gasteiger partial charge in [-0.15, -0.1) is 0 Å². The zero-order chi connectivity index (χ0) is 20.4. The summed E-state index contributed by atoms with van der Waals surface area (Å²) in [5, 5.41) is 11.0. The van der Waals surface area contributed by atoms with Crippen LogP contribution in [-0.2, 0) is 5.41 Å². The molecule has 2 N–H and O–H groups in total. The molecule has 4 heterocycles. The van der Waals surface area contributed by atoms with Crippen molar-refractivity contribution in [2.45, 2.75) is 32.1 Å². The lowest BCUT2D eigenvalue weighted by Gasteiger charge is -2.36. The van der Waals surface area contributed by atoms with Crippen molar-refractivity contribution >= 4 is 43.8 Å². The number of imidazole rings is 1. The molecule has 1 aliphatic rings. The second-order valence-electron chi connectivity index (χ2n) is 6.87. The van der Waals surface area contributed by atoms with Crippen LogP contribution in [0, 0.1) is 11.3 Å². The van der Waals surface area contributed by atoms with Crippen molar-refractivity contribution in [2.75, 3.05) is 18.0 Å². The predicted molar refractivity (Wildman–Crippen MR) is 118 cm³/mol. The molecule has 0 radical (unpaired) electrons. The van der Waals surface area contributed by atoms with E-state index in [1.165, 1.54) is 0 Å². The van der Waals surface area contributed by atoms with Gasteiger partial charge in [0.1, 0.15) is 29.0 Å². The third-order valence-electron chi connectivity index (χ3n) is 5.36. The summed E-state index contributed by atoms with van der Waals surface area (Å²) in [5.41, 5.74) is 2.06. The molecule has 1 aromatic carbocycles. The third kappa shape index (κ3) is 3.36.